The third kappa shape index (κ3) is 2.18. The fourth-order valence-corrected chi connectivity index (χ4v) is 3.30. The highest BCUT2D eigenvalue weighted by molar-refractivity contribution is 7.12. The predicted octanol–water partition coefficient (Wildman–Crippen LogP) is 5.32. The minimum Gasteiger partial charge on any atom is -0.144 e. The summed E-state index contributed by atoms with van der Waals surface area (Å²) in [5.41, 5.74) is 3.75. The van der Waals surface area contributed by atoms with Crippen molar-refractivity contribution >= 4 is 33.8 Å². The smallest absolute Gasteiger partial charge is 0.0348 e. The van der Waals surface area contributed by atoms with Crippen molar-refractivity contribution in [2.75, 3.05) is 0 Å². The third-order valence-corrected chi connectivity index (χ3v) is 4.20. The maximum absolute atomic E-state index is 4.23. The Morgan fingerprint density at radius 3 is 2.00 bits per heavy atom. The van der Waals surface area contributed by atoms with E-state index in [2.05, 4.69) is 55.5 Å². The van der Waals surface area contributed by atoms with Gasteiger partial charge in [-0.15, -0.1) is 22.7 Å². The first kappa shape index (κ1) is 11.4. The molecular formula is C14H14S2. The summed E-state index contributed by atoms with van der Waals surface area (Å²) in [6.45, 7) is 8.53. The fourth-order valence-electron chi connectivity index (χ4n) is 1.69. The number of thiophene rings is 2. The molecule has 16 heavy (non-hydrogen) atoms. The van der Waals surface area contributed by atoms with Gasteiger partial charge in [-0.25, -0.2) is 0 Å². The molecule has 0 saturated heterocycles. The second-order valence-electron chi connectivity index (χ2n) is 3.81. The molecular weight excluding hydrogens is 232 g/mol. The Labute approximate surface area is 105 Å². The van der Waals surface area contributed by atoms with E-state index in [0.717, 1.165) is 5.57 Å². The highest BCUT2D eigenvalue weighted by atomic mass is 32.1. The molecule has 2 heterocycles. The van der Waals surface area contributed by atoms with Gasteiger partial charge in [0.25, 0.3) is 0 Å². The van der Waals surface area contributed by atoms with E-state index in [4.69, 9.17) is 0 Å². The van der Waals surface area contributed by atoms with Gasteiger partial charge >= 0.3 is 0 Å². The number of hydrogen-bond acceptors (Lipinski definition) is 2. The van der Waals surface area contributed by atoms with Crippen molar-refractivity contribution < 1.29 is 0 Å². The van der Waals surface area contributed by atoms with Crippen LogP contribution in [0.2, 0.25) is 0 Å². The second kappa shape index (κ2) is 4.81. The zero-order valence-corrected chi connectivity index (χ0v) is 11.1. The van der Waals surface area contributed by atoms with Gasteiger partial charge in [0.2, 0.25) is 0 Å². The van der Waals surface area contributed by atoms with Crippen LogP contribution in [-0.2, 0) is 0 Å². The van der Waals surface area contributed by atoms with Gasteiger partial charge in [-0.2, -0.15) is 0 Å². The van der Waals surface area contributed by atoms with E-state index in [9.17, 15) is 0 Å². The van der Waals surface area contributed by atoms with Crippen molar-refractivity contribution in [1.82, 2.24) is 0 Å². The van der Waals surface area contributed by atoms with Crippen LogP contribution in [-0.4, -0.2) is 0 Å². The fraction of sp³-hybridized carbons (Fsp3) is 0.143. The van der Waals surface area contributed by atoms with Crippen LogP contribution in [0.4, 0.5) is 0 Å². The van der Waals surface area contributed by atoms with E-state index in [1.165, 1.54) is 20.9 Å². The standard InChI is InChI=1S/C14H14S2/c1-10(2)14(13-7-5-9-16-13)11(3)12-6-4-8-15-12/h4-9H,3H2,1-2H3. The summed E-state index contributed by atoms with van der Waals surface area (Å²) in [6.07, 6.45) is 0. The van der Waals surface area contributed by atoms with Gasteiger partial charge in [-0.05, 0) is 47.9 Å². The van der Waals surface area contributed by atoms with Gasteiger partial charge in [0.05, 0.1) is 0 Å². The highest BCUT2D eigenvalue weighted by Gasteiger charge is 2.11. The summed E-state index contributed by atoms with van der Waals surface area (Å²) in [7, 11) is 0. The molecule has 0 aliphatic carbocycles. The highest BCUT2D eigenvalue weighted by Crippen LogP contribution is 2.36. The molecule has 2 rings (SSSR count). The molecule has 0 nitrogen and oxygen atoms in total. The van der Waals surface area contributed by atoms with E-state index >= 15 is 0 Å². The largest absolute Gasteiger partial charge is 0.144 e. The molecule has 2 aromatic rings. The first-order valence-corrected chi connectivity index (χ1v) is 6.90. The lowest BCUT2D eigenvalue weighted by molar-refractivity contribution is 1.41. The lowest BCUT2D eigenvalue weighted by Gasteiger charge is -2.10. The molecule has 0 radical (unpaired) electrons. The zero-order valence-electron chi connectivity index (χ0n) is 9.49. The molecule has 0 spiro atoms. The minimum atomic E-state index is 1.14. The van der Waals surface area contributed by atoms with Crippen LogP contribution >= 0.6 is 22.7 Å². The van der Waals surface area contributed by atoms with Gasteiger partial charge in [0.15, 0.2) is 0 Å². The molecule has 0 unspecified atom stereocenters. The topological polar surface area (TPSA) is 0 Å². The van der Waals surface area contributed by atoms with Crippen molar-refractivity contribution in [3.05, 3.63) is 56.9 Å². The van der Waals surface area contributed by atoms with Crippen molar-refractivity contribution in [2.45, 2.75) is 13.8 Å². The lowest BCUT2D eigenvalue weighted by atomic mass is 10.0. The van der Waals surface area contributed by atoms with Crippen LogP contribution in [0.5, 0.6) is 0 Å². The Bertz CT molecular complexity index is 495. The Balaban J connectivity index is 2.44. The van der Waals surface area contributed by atoms with Crippen LogP contribution < -0.4 is 0 Å². The molecule has 2 aromatic heterocycles. The quantitative estimate of drug-likeness (QED) is 0.643. The Morgan fingerprint density at radius 2 is 1.56 bits per heavy atom. The normalized spacial score (nSPS) is 10.1. The van der Waals surface area contributed by atoms with Crippen molar-refractivity contribution in [2.24, 2.45) is 0 Å². The van der Waals surface area contributed by atoms with Gasteiger partial charge in [0.1, 0.15) is 0 Å². The average molecular weight is 246 g/mol. The van der Waals surface area contributed by atoms with E-state index in [0.29, 0.717) is 0 Å². The van der Waals surface area contributed by atoms with Crippen molar-refractivity contribution in [1.29, 1.82) is 0 Å². The third-order valence-electron chi connectivity index (χ3n) is 2.39. The molecule has 82 valence electrons. The molecule has 0 amide bonds. The van der Waals surface area contributed by atoms with Crippen molar-refractivity contribution in [3.63, 3.8) is 0 Å². The zero-order chi connectivity index (χ0) is 11.5. The van der Waals surface area contributed by atoms with Gasteiger partial charge in [0, 0.05) is 9.75 Å². The number of allylic oxidation sites excluding steroid dienone is 3. The van der Waals surface area contributed by atoms with E-state index < -0.39 is 0 Å². The van der Waals surface area contributed by atoms with Crippen LogP contribution in [0.25, 0.3) is 11.1 Å². The Hall–Kier alpha value is -1.12. The average Bonchev–Trinajstić information content (AvgIpc) is 2.89. The summed E-state index contributed by atoms with van der Waals surface area (Å²) < 4.78 is 0. The van der Waals surface area contributed by atoms with Crippen LogP contribution in [0.1, 0.15) is 23.6 Å². The number of rotatable bonds is 3. The number of hydrogen-bond donors (Lipinski definition) is 0. The van der Waals surface area contributed by atoms with E-state index in [1.54, 1.807) is 22.7 Å². The molecule has 0 fully saturated rings. The molecule has 0 atom stereocenters. The first-order valence-electron chi connectivity index (χ1n) is 5.14. The van der Waals surface area contributed by atoms with Gasteiger partial charge < -0.3 is 0 Å². The molecule has 0 aliphatic heterocycles. The summed E-state index contributed by atoms with van der Waals surface area (Å²) in [5.74, 6) is 0. The molecule has 0 bridgehead atoms. The Morgan fingerprint density at radius 1 is 1.00 bits per heavy atom. The van der Waals surface area contributed by atoms with E-state index in [1.807, 2.05) is 0 Å². The second-order valence-corrected chi connectivity index (χ2v) is 5.70. The molecule has 0 N–H and O–H groups in total. The maximum atomic E-state index is 4.23. The van der Waals surface area contributed by atoms with Gasteiger partial charge in [-0.3, -0.25) is 0 Å². The van der Waals surface area contributed by atoms with Crippen LogP contribution in [0.15, 0.2) is 47.2 Å². The lowest BCUT2D eigenvalue weighted by Crippen LogP contribution is -1.86. The summed E-state index contributed by atoms with van der Waals surface area (Å²) in [5, 5.41) is 4.21. The molecule has 0 aliphatic rings. The Kier molecular flexibility index (Phi) is 3.42. The minimum absolute atomic E-state index is 1.14. The molecule has 2 heteroatoms. The first-order chi connectivity index (χ1) is 7.70. The summed E-state index contributed by atoms with van der Waals surface area (Å²) in [6, 6.07) is 8.45. The van der Waals surface area contributed by atoms with Crippen LogP contribution in [0, 0.1) is 0 Å². The monoisotopic (exact) mass is 246 g/mol. The van der Waals surface area contributed by atoms with Crippen LogP contribution in [0.3, 0.4) is 0 Å². The SMILES string of the molecule is C=C(C(=C(C)C)c1cccs1)c1cccs1. The van der Waals surface area contributed by atoms with E-state index in [-0.39, 0.29) is 0 Å². The van der Waals surface area contributed by atoms with Crippen molar-refractivity contribution in [3.8, 4) is 0 Å². The predicted molar refractivity (Wildman–Crippen MR) is 75.9 cm³/mol. The summed E-state index contributed by atoms with van der Waals surface area (Å²) in [4.78, 5) is 2.56. The molecule has 0 aromatic carbocycles. The summed E-state index contributed by atoms with van der Waals surface area (Å²) >= 11 is 3.52. The molecule has 0 saturated carbocycles. The van der Waals surface area contributed by atoms with Gasteiger partial charge in [-0.1, -0.05) is 24.3 Å². The maximum Gasteiger partial charge on any atom is 0.0348 e.